The number of nitrogens with zero attached hydrogens (tertiary/aromatic N) is 5. The summed E-state index contributed by atoms with van der Waals surface area (Å²) >= 11 is 2.24. The molecule has 0 aliphatic carbocycles. The largest absolute Gasteiger partial charge is 0.354 e. The van der Waals surface area contributed by atoms with Gasteiger partial charge in [0.25, 0.3) is 0 Å². The number of anilines is 1. The summed E-state index contributed by atoms with van der Waals surface area (Å²) in [5.74, 6) is 0.944. The van der Waals surface area contributed by atoms with Gasteiger partial charge in [0.15, 0.2) is 0 Å². The quantitative estimate of drug-likeness (QED) is 0.800. The first kappa shape index (κ1) is 11.3. The Bertz CT molecular complexity index is 482. The molecule has 0 saturated carbocycles. The smallest absolute Gasteiger partial charge is 0.145 e. The van der Waals surface area contributed by atoms with Gasteiger partial charge in [-0.25, -0.2) is 9.97 Å². The van der Waals surface area contributed by atoms with Crippen molar-refractivity contribution < 1.29 is 0 Å². The number of aromatic nitrogens is 4. The molecule has 0 saturated heterocycles. The van der Waals surface area contributed by atoms with Gasteiger partial charge in [-0.2, -0.15) is 5.10 Å². The Labute approximate surface area is 108 Å². The van der Waals surface area contributed by atoms with Crippen molar-refractivity contribution in [1.82, 2.24) is 19.7 Å². The van der Waals surface area contributed by atoms with Gasteiger partial charge in [-0.05, 0) is 22.6 Å². The van der Waals surface area contributed by atoms with Crippen LogP contribution in [-0.4, -0.2) is 26.8 Å². The molecule has 16 heavy (non-hydrogen) atoms. The molecule has 2 rings (SSSR count). The molecule has 2 aromatic heterocycles. The molecule has 5 nitrogen and oxygen atoms in total. The molecule has 0 bridgehead atoms. The van der Waals surface area contributed by atoms with Gasteiger partial charge < -0.3 is 4.90 Å². The van der Waals surface area contributed by atoms with Crippen molar-refractivity contribution >= 4 is 28.4 Å². The van der Waals surface area contributed by atoms with Gasteiger partial charge >= 0.3 is 0 Å². The van der Waals surface area contributed by atoms with Crippen LogP contribution in [0.3, 0.4) is 0 Å². The molecule has 0 N–H and O–H groups in total. The Morgan fingerprint density at radius 3 is 2.88 bits per heavy atom. The minimum Gasteiger partial charge on any atom is -0.354 e. The third kappa shape index (κ3) is 2.49. The minimum atomic E-state index is 0.793. The highest BCUT2D eigenvalue weighted by Crippen LogP contribution is 2.18. The third-order valence-corrected chi connectivity index (χ3v) is 2.95. The molecule has 0 aliphatic rings. The third-order valence-electron chi connectivity index (χ3n) is 2.19. The summed E-state index contributed by atoms with van der Waals surface area (Å²) in [5.41, 5.74) is 1.17. The summed E-state index contributed by atoms with van der Waals surface area (Å²) in [6.45, 7) is 0.793. The van der Waals surface area contributed by atoms with Crippen LogP contribution in [0.5, 0.6) is 0 Å². The zero-order chi connectivity index (χ0) is 11.5. The highest BCUT2D eigenvalue weighted by atomic mass is 127. The number of hydrogen-bond acceptors (Lipinski definition) is 4. The van der Waals surface area contributed by atoms with Crippen LogP contribution in [0.15, 0.2) is 24.9 Å². The van der Waals surface area contributed by atoms with Gasteiger partial charge in [0, 0.05) is 38.6 Å². The lowest BCUT2D eigenvalue weighted by atomic mass is 10.3. The summed E-state index contributed by atoms with van der Waals surface area (Å²) in [5, 5.41) is 4.14. The van der Waals surface area contributed by atoms with Crippen LogP contribution >= 0.6 is 22.6 Å². The normalized spacial score (nSPS) is 10.4. The topological polar surface area (TPSA) is 46.8 Å². The molecule has 0 aliphatic heterocycles. The van der Waals surface area contributed by atoms with Gasteiger partial charge in [0.2, 0.25) is 0 Å². The fraction of sp³-hybridized carbons (Fsp3) is 0.300. The SMILES string of the molecule is CN(Cc1cnn(C)c1)c1ncncc1I. The van der Waals surface area contributed by atoms with Crippen LogP contribution in [0.4, 0.5) is 5.82 Å². The van der Waals surface area contributed by atoms with Crippen molar-refractivity contribution in [3.63, 3.8) is 0 Å². The van der Waals surface area contributed by atoms with E-state index in [1.165, 1.54) is 5.56 Å². The number of hydrogen-bond donors (Lipinski definition) is 0. The molecule has 2 aromatic rings. The lowest BCUT2D eigenvalue weighted by molar-refractivity contribution is 0.766. The van der Waals surface area contributed by atoms with Gasteiger partial charge in [0.1, 0.15) is 12.1 Å². The van der Waals surface area contributed by atoms with Crippen LogP contribution < -0.4 is 4.90 Å². The predicted molar refractivity (Wildman–Crippen MR) is 70.1 cm³/mol. The fourth-order valence-electron chi connectivity index (χ4n) is 1.49. The maximum absolute atomic E-state index is 4.26. The number of rotatable bonds is 3. The van der Waals surface area contributed by atoms with Crippen molar-refractivity contribution in [3.05, 3.63) is 34.1 Å². The summed E-state index contributed by atoms with van der Waals surface area (Å²) in [6.07, 6.45) is 7.25. The van der Waals surface area contributed by atoms with Gasteiger partial charge in [-0.1, -0.05) is 0 Å². The Morgan fingerprint density at radius 2 is 2.25 bits per heavy atom. The van der Waals surface area contributed by atoms with Crippen LogP contribution in [0.2, 0.25) is 0 Å². The van der Waals surface area contributed by atoms with Crippen molar-refractivity contribution in [2.24, 2.45) is 7.05 Å². The second-order valence-electron chi connectivity index (χ2n) is 3.57. The standard InChI is InChI=1S/C10H12IN5/c1-15(5-8-3-14-16(2)6-8)10-9(11)4-12-7-13-10/h3-4,6-7H,5H2,1-2H3. The molecule has 0 unspecified atom stereocenters. The van der Waals surface area contributed by atoms with E-state index in [0.29, 0.717) is 0 Å². The van der Waals surface area contributed by atoms with Gasteiger partial charge in [0.05, 0.1) is 9.77 Å². The molecule has 0 amide bonds. The molecular weight excluding hydrogens is 317 g/mol. The summed E-state index contributed by atoms with van der Waals surface area (Å²) in [4.78, 5) is 10.3. The molecule has 0 atom stereocenters. The average molecular weight is 329 g/mol. The van der Waals surface area contributed by atoms with Crippen LogP contribution in [0, 0.1) is 3.57 Å². The predicted octanol–water partition coefficient (Wildman–Crippen LogP) is 1.45. The Balaban J connectivity index is 2.14. The second kappa shape index (κ2) is 4.77. The average Bonchev–Trinajstić information content (AvgIpc) is 2.64. The van der Waals surface area contributed by atoms with E-state index in [4.69, 9.17) is 0 Å². The minimum absolute atomic E-state index is 0.793. The van der Waals surface area contributed by atoms with Crippen molar-refractivity contribution in [2.75, 3.05) is 11.9 Å². The van der Waals surface area contributed by atoms with E-state index in [0.717, 1.165) is 15.9 Å². The molecule has 0 radical (unpaired) electrons. The van der Waals surface area contributed by atoms with E-state index in [2.05, 4.69) is 42.6 Å². The molecule has 0 aromatic carbocycles. The fourth-order valence-corrected chi connectivity index (χ4v) is 2.20. The van der Waals surface area contributed by atoms with E-state index < -0.39 is 0 Å². The zero-order valence-corrected chi connectivity index (χ0v) is 11.3. The first-order valence-corrected chi connectivity index (χ1v) is 5.89. The molecule has 0 fully saturated rings. The Kier molecular flexibility index (Phi) is 3.37. The first-order valence-electron chi connectivity index (χ1n) is 4.81. The van der Waals surface area contributed by atoms with E-state index in [-0.39, 0.29) is 0 Å². The first-order chi connectivity index (χ1) is 7.66. The lowest BCUT2D eigenvalue weighted by Crippen LogP contribution is -2.18. The Morgan fingerprint density at radius 1 is 1.44 bits per heavy atom. The van der Waals surface area contributed by atoms with E-state index in [1.54, 1.807) is 11.0 Å². The highest BCUT2D eigenvalue weighted by Gasteiger charge is 2.08. The van der Waals surface area contributed by atoms with Crippen molar-refractivity contribution in [2.45, 2.75) is 6.54 Å². The molecule has 84 valence electrons. The Hall–Kier alpha value is -1.18. The highest BCUT2D eigenvalue weighted by molar-refractivity contribution is 14.1. The van der Waals surface area contributed by atoms with Crippen LogP contribution in [0.25, 0.3) is 0 Å². The maximum Gasteiger partial charge on any atom is 0.145 e. The summed E-state index contributed by atoms with van der Waals surface area (Å²) in [7, 11) is 3.93. The van der Waals surface area contributed by atoms with E-state index >= 15 is 0 Å². The maximum atomic E-state index is 4.26. The van der Waals surface area contributed by atoms with Crippen molar-refractivity contribution in [3.8, 4) is 0 Å². The number of halogens is 1. The van der Waals surface area contributed by atoms with E-state index in [1.807, 2.05) is 32.7 Å². The monoisotopic (exact) mass is 329 g/mol. The van der Waals surface area contributed by atoms with Crippen LogP contribution in [-0.2, 0) is 13.6 Å². The summed E-state index contributed by atoms with van der Waals surface area (Å²) in [6, 6.07) is 0. The lowest BCUT2D eigenvalue weighted by Gasteiger charge is -2.17. The molecule has 6 heteroatoms. The zero-order valence-electron chi connectivity index (χ0n) is 9.13. The second-order valence-corrected chi connectivity index (χ2v) is 4.73. The summed E-state index contributed by atoms with van der Waals surface area (Å²) < 4.78 is 2.85. The van der Waals surface area contributed by atoms with Gasteiger partial charge in [-0.15, -0.1) is 0 Å². The van der Waals surface area contributed by atoms with Crippen molar-refractivity contribution in [1.29, 1.82) is 0 Å². The number of aryl methyl sites for hydroxylation is 1. The van der Waals surface area contributed by atoms with Crippen LogP contribution in [0.1, 0.15) is 5.56 Å². The van der Waals surface area contributed by atoms with Gasteiger partial charge in [-0.3, -0.25) is 4.68 Å². The molecular formula is C10H12IN5. The molecule has 0 spiro atoms. The molecule has 2 heterocycles. The van der Waals surface area contributed by atoms with E-state index in [9.17, 15) is 0 Å².